The summed E-state index contributed by atoms with van der Waals surface area (Å²) >= 11 is 0. The zero-order chi connectivity index (χ0) is 17.9. The van der Waals surface area contributed by atoms with Gasteiger partial charge in [0.1, 0.15) is 0 Å². The SMILES string of the molecule is C[C@H](N[C@@H](C)c1nnc(-c2ccccc2)o1)c1ccc2ccccc2c1. The molecule has 4 heteroatoms. The van der Waals surface area contributed by atoms with Crippen LogP contribution in [0.1, 0.15) is 37.4 Å². The average molecular weight is 343 g/mol. The smallest absolute Gasteiger partial charge is 0.247 e. The first-order valence-corrected chi connectivity index (χ1v) is 8.84. The first-order chi connectivity index (χ1) is 12.7. The van der Waals surface area contributed by atoms with Gasteiger partial charge < -0.3 is 4.42 Å². The molecule has 0 bridgehead atoms. The molecule has 4 rings (SSSR count). The van der Waals surface area contributed by atoms with Gasteiger partial charge >= 0.3 is 0 Å². The van der Waals surface area contributed by atoms with Crippen molar-refractivity contribution in [2.45, 2.75) is 25.9 Å². The van der Waals surface area contributed by atoms with E-state index in [4.69, 9.17) is 4.42 Å². The average Bonchev–Trinajstić information content (AvgIpc) is 3.18. The van der Waals surface area contributed by atoms with E-state index in [1.807, 2.05) is 37.3 Å². The molecule has 3 aromatic carbocycles. The van der Waals surface area contributed by atoms with Gasteiger partial charge in [0.2, 0.25) is 11.8 Å². The van der Waals surface area contributed by atoms with Crippen LogP contribution in [0.3, 0.4) is 0 Å². The van der Waals surface area contributed by atoms with Crippen LogP contribution in [0.5, 0.6) is 0 Å². The van der Waals surface area contributed by atoms with E-state index < -0.39 is 0 Å². The molecule has 4 nitrogen and oxygen atoms in total. The lowest BCUT2D eigenvalue weighted by Gasteiger charge is -2.18. The van der Waals surface area contributed by atoms with Crippen LogP contribution in [0.2, 0.25) is 0 Å². The Balaban J connectivity index is 1.50. The zero-order valence-corrected chi connectivity index (χ0v) is 14.9. The van der Waals surface area contributed by atoms with Crippen LogP contribution in [-0.2, 0) is 0 Å². The van der Waals surface area contributed by atoms with E-state index >= 15 is 0 Å². The topological polar surface area (TPSA) is 51.0 Å². The number of fused-ring (bicyclic) bond motifs is 1. The number of hydrogen-bond acceptors (Lipinski definition) is 4. The fourth-order valence-electron chi connectivity index (χ4n) is 3.13. The van der Waals surface area contributed by atoms with Gasteiger partial charge in [0.25, 0.3) is 0 Å². The molecular weight excluding hydrogens is 322 g/mol. The number of hydrogen-bond donors (Lipinski definition) is 1. The van der Waals surface area contributed by atoms with Crippen LogP contribution in [-0.4, -0.2) is 10.2 Å². The minimum absolute atomic E-state index is 0.0403. The van der Waals surface area contributed by atoms with Crippen molar-refractivity contribution in [2.24, 2.45) is 0 Å². The summed E-state index contributed by atoms with van der Waals surface area (Å²) < 4.78 is 5.85. The molecule has 0 aliphatic heterocycles. The number of benzene rings is 3. The molecule has 0 saturated carbocycles. The van der Waals surface area contributed by atoms with Crippen molar-refractivity contribution in [3.8, 4) is 11.5 Å². The van der Waals surface area contributed by atoms with Crippen LogP contribution < -0.4 is 5.32 Å². The van der Waals surface area contributed by atoms with Gasteiger partial charge in [-0.3, -0.25) is 5.32 Å². The standard InChI is InChI=1S/C22H21N3O/c1-15(19-13-12-17-8-6-7-11-20(17)14-19)23-16(2)21-24-25-22(26-21)18-9-4-3-5-10-18/h3-16,23H,1-2H3/t15-,16-/m0/s1. The highest BCUT2D eigenvalue weighted by Gasteiger charge is 2.17. The summed E-state index contributed by atoms with van der Waals surface area (Å²) in [5.74, 6) is 1.14. The Hall–Kier alpha value is -2.98. The van der Waals surface area contributed by atoms with Gasteiger partial charge in [-0.15, -0.1) is 10.2 Å². The lowest BCUT2D eigenvalue weighted by molar-refractivity contribution is 0.395. The Labute approximate surface area is 152 Å². The van der Waals surface area contributed by atoms with Crippen molar-refractivity contribution in [1.29, 1.82) is 0 Å². The van der Waals surface area contributed by atoms with Crippen molar-refractivity contribution in [3.05, 3.63) is 84.3 Å². The maximum Gasteiger partial charge on any atom is 0.247 e. The highest BCUT2D eigenvalue weighted by molar-refractivity contribution is 5.83. The molecule has 0 spiro atoms. The number of aromatic nitrogens is 2. The maximum absolute atomic E-state index is 5.85. The van der Waals surface area contributed by atoms with Crippen molar-refractivity contribution in [1.82, 2.24) is 15.5 Å². The largest absolute Gasteiger partial charge is 0.419 e. The summed E-state index contributed by atoms with van der Waals surface area (Å²) in [6.45, 7) is 4.19. The summed E-state index contributed by atoms with van der Waals surface area (Å²) in [7, 11) is 0. The zero-order valence-electron chi connectivity index (χ0n) is 14.9. The molecule has 26 heavy (non-hydrogen) atoms. The van der Waals surface area contributed by atoms with Gasteiger partial charge in [-0.2, -0.15) is 0 Å². The summed E-state index contributed by atoms with van der Waals surface area (Å²) in [6.07, 6.45) is 0. The Morgan fingerprint density at radius 2 is 1.50 bits per heavy atom. The molecular formula is C22H21N3O. The number of nitrogens with one attached hydrogen (secondary N) is 1. The molecule has 0 saturated heterocycles. The Morgan fingerprint density at radius 1 is 0.769 bits per heavy atom. The molecule has 0 unspecified atom stereocenters. The molecule has 1 N–H and O–H groups in total. The van der Waals surface area contributed by atoms with E-state index in [0.717, 1.165) is 5.56 Å². The summed E-state index contributed by atoms with van der Waals surface area (Å²) in [4.78, 5) is 0. The molecule has 1 aromatic heterocycles. The van der Waals surface area contributed by atoms with E-state index in [0.29, 0.717) is 11.8 Å². The van der Waals surface area contributed by atoms with Gasteiger partial charge in [0, 0.05) is 11.6 Å². The minimum Gasteiger partial charge on any atom is -0.419 e. The van der Waals surface area contributed by atoms with Crippen molar-refractivity contribution in [2.75, 3.05) is 0 Å². The molecule has 0 aliphatic rings. The second-order valence-corrected chi connectivity index (χ2v) is 6.53. The molecule has 4 aromatic rings. The van der Waals surface area contributed by atoms with Gasteiger partial charge in [-0.25, -0.2) is 0 Å². The van der Waals surface area contributed by atoms with Gasteiger partial charge in [0.15, 0.2) is 0 Å². The highest BCUT2D eigenvalue weighted by atomic mass is 16.4. The van der Waals surface area contributed by atoms with Gasteiger partial charge in [0.05, 0.1) is 6.04 Å². The summed E-state index contributed by atoms with van der Waals surface area (Å²) in [5, 5.41) is 14.4. The third-order valence-corrected chi connectivity index (χ3v) is 4.61. The molecule has 0 radical (unpaired) electrons. The lowest BCUT2D eigenvalue weighted by Crippen LogP contribution is -2.22. The third-order valence-electron chi connectivity index (χ3n) is 4.61. The van der Waals surface area contributed by atoms with E-state index in [2.05, 4.69) is 64.9 Å². The van der Waals surface area contributed by atoms with Crippen LogP contribution in [0.4, 0.5) is 0 Å². The third kappa shape index (κ3) is 3.37. The normalized spacial score (nSPS) is 13.6. The Morgan fingerprint density at radius 3 is 2.31 bits per heavy atom. The molecule has 1 heterocycles. The Kier molecular flexibility index (Phi) is 4.50. The Bertz CT molecular complexity index is 1010. The van der Waals surface area contributed by atoms with E-state index in [-0.39, 0.29) is 12.1 Å². The van der Waals surface area contributed by atoms with Gasteiger partial charge in [-0.05, 0) is 48.4 Å². The highest BCUT2D eigenvalue weighted by Crippen LogP contribution is 2.24. The molecule has 0 fully saturated rings. The van der Waals surface area contributed by atoms with Crippen molar-refractivity contribution >= 4 is 10.8 Å². The van der Waals surface area contributed by atoms with Gasteiger partial charge in [-0.1, -0.05) is 54.6 Å². The van der Waals surface area contributed by atoms with Crippen molar-refractivity contribution < 1.29 is 4.42 Å². The van der Waals surface area contributed by atoms with Crippen LogP contribution in [0.15, 0.2) is 77.2 Å². The van der Waals surface area contributed by atoms with E-state index in [1.165, 1.54) is 16.3 Å². The summed E-state index contributed by atoms with van der Waals surface area (Å²) in [6, 6.07) is 24.9. The van der Waals surface area contributed by atoms with E-state index in [9.17, 15) is 0 Å². The predicted molar refractivity (Wildman–Crippen MR) is 104 cm³/mol. The van der Waals surface area contributed by atoms with E-state index in [1.54, 1.807) is 0 Å². The monoisotopic (exact) mass is 343 g/mol. The molecule has 0 aliphatic carbocycles. The quantitative estimate of drug-likeness (QED) is 0.534. The first kappa shape index (κ1) is 16.5. The fourth-order valence-corrected chi connectivity index (χ4v) is 3.13. The number of nitrogens with zero attached hydrogens (tertiary/aromatic N) is 2. The summed E-state index contributed by atoms with van der Waals surface area (Å²) in [5.41, 5.74) is 2.17. The van der Waals surface area contributed by atoms with Crippen LogP contribution >= 0.6 is 0 Å². The van der Waals surface area contributed by atoms with Crippen LogP contribution in [0.25, 0.3) is 22.2 Å². The second kappa shape index (κ2) is 7.10. The predicted octanol–water partition coefficient (Wildman–Crippen LogP) is 5.30. The minimum atomic E-state index is -0.0403. The molecule has 2 atom stereocenters. The molecule has 0 amide bonds. The fraction of sp³-hybridized carbons (Fsp3) is 0.182. The number of rotatable bonds is 5. The first-order valence-electron chi connectivity index (χ1n) is 8.84. The molecule has 130 valence electrons. The second-order valence-electron chi connectivity index (χ2n) is 6.53. The van der Waals surface area contributed by atoms with Crippen LogP contribution in [0, 0.1) is 0 Å². The maximum atomic E-state index is 5.85. The van der Waals surface area contributed by atoms with Crippen molar-refractivity contribution in [3.63, 3.8) is 0 Å². The lowest BCUT2D eigenvalue weighted by atomic mass is 10.0.